The lowest BCUT2D eigenvalue weighted by Gasteiger charge is -2.09. The fourth-order valence-electron chi connectivity index (χ4n) is 3.12. The Morgan fingerprint density at radius 3 is 2.55 bits per heavy atom. The predicted octanol–water partition coefficient (Wildman–Crippen LogP) is 1.54. The number of aromatic nitrogens is 3. The number of nitrogen functional groups attached to an aromatic ring is 1. The number of fused-ring (bicyclic) bond motifs is 1. The lowest BCUT2D eigenvalue weighted by Crippen LogP contribution is -2.12. The molecular weight excluding hydrogens is 396 g/mol. The molecule has 3 rings (SSSR count). The number of hydrogen-bond acceptors (Lipinski definition) is 7. The van der Waals surface area contributed by atoms with Crippen molar-refractivity contribution >= 4 is 28.8 Å². The van der Waals surface area contributed by atoms with Gasteiger partial charge in [-0.15, -0.1) is 0 Å². The fourth-order valence-corrected chi connectivity index (χ4v) is 3.12. The molecule has 31 heavy (non-hydrogen) atoms. The molecule has 0 aliphatic rings. The van der Waals surface area contributed by atoms with E-state index in [0.29, 0.717) is 41.1 Å². The van der Waals surface area contributed by atoms with Gasteiger partial charge in [-0.3, -0.25) is 4.79 Å². The van der Waals surface area contributed by atoms with E-state index in [4.69, 9.17) is 23.3 Å². The molecule has 10 nitrogen and oxygen atoms in total. The second-order valence-corrected chi connectivity index (χ2v) is 6.45. The number of primary amides is 1. The third kappa shape index (κ3) is 4.96. The molecule has 0 fully saturated rings. The van der Waals surface area contributed by atoms with Gasteiger partial charge in [0.25, 0.3) is 5.70 Å². The zero-order chi connectivity index (χ0) is 23.0. The molecule has 0 saturated heterocycles. The van der Waals surface area contributed by atoms with Crippen molar-refractivity contribution in [3.8, 4) is 17.3 Å². The number of nitrogens with zero attached hydrogens (tertiary/aromatic N) is 5. The van der Waals surface area contributed by atoms with E-state index in [-0.39, 0.29) is 12.3 Å². The Kier molecular flexibility index (Phi) is 7.67. The quantitative estimate of drug-likeness (QED) is 0.203. The van der Waals surface area contributed by atoms with Crippen molar-refractivity contribution in [2.75, 3.05) is 12.3 Å². The van der Waals surface area contributed by atoms with Gasteiger partial charge in [0.2, 0.25) is 5.91 Å². The lowest BCUT2D eigenvalue weighted by molar-refractivity contribution is -0.114. The smallest absolute Gasteiger partial charge is 0.251 e. The Morgan fingerprint density at radius 1 is 1.35 bits per heavy atom. The number of rotatable bonds is 6. The first kappa shape index (κ1) is 22.9. The van der Waals surface area contributed by atoms with Gasteiger partial charge in [-0.05, 0) is 25.0 Å². The van der Waals surface area contributed by atoms with Crippen molar-refractivity contribution in [3.05, 3.63) is 59.0 Å². The van der Waals surface area contributed by atoms with Crippen LogP contribution in [0.1, 0.15) is 17.7 Å². The maximum absolute atomic E-state index is 11.7. The van der Waals surface area contributed by atoms with Crippen molar-refractivity contribution in [2.45, 2.75) is 19.9 Å². The highest BCUT2D eigenvalue weighted by atomic mass is 16.3. The molecule has 0 saturated carbocycles. The third-order valence-corrected chi connectivity index (χ3v) is 4.44. The molecule has 0 bridgehead atoms. The van der Waals surface area contributed by atoms with E-state index in [1.807, 2.05) is 35.8 Å². The molecule has 1 amide bonds. The van der Waals surface area contributed by atoms with Gasteiger partial charge in [-0.25, -0.2) is 14.8 Å². The summed E-state index contributed by atoms with van der Waals surface area (Å²) in [4.78, 5) is 23.4. The van der Waals surface area contributed by atoms with Gasteiger partial charge < -0.3 is 26.9 Å². The summed E-state index contributed by atoms with van der Waals surface area (Å²) in [6, 6.07) is 7.80. The van der Waals surface area contributed by atoms with Gasteiger partial charge in [-0.2, -0.15) is 5.26 Å². The monoisotopic (exact) mass is 418 g/mol. The maximum atomic E-state index is 11.7. The average molecular weight is 418 g/mol. The Labute approximate surface area is 179 Å². The van der Waals surface area contributed by atoms with Crippen LogP contribution in [-0.2, 0) is 11.3 Å². The highest BCUT2D eigenvalue weighted by Crippen LogP contribution is 2.38. The van der Waals surface area contributed by atoms with Crippen LogP contribution in [0.5, 0.6) is 0 Å². The van der Waals surface area contributed by atoms with Crippen LogP contribution in [0.25, 0.3) is 33.1 Å². The van der Waals surface area contributed by atoms with Crippen LogP contribution in [0.3, 0.4) is 0 Å². The van der Waals surface area contributed by atoms with E-state index in [9.17, 15) is 9.90 Å². The van der Waals surface area contributed by atoms with Crippen LogP contribution in [0.2, 0.25) is 0 Å². The molecule has 10 heteroatoms. The van der Waals surface area contributed by atoms with E-state index in [2.05, 4.69) is 20.5 Å². The molecule has 158 valence electrons. The van der Waals surface area contributed by atoms with E-state index in [0.717, 1.165) is 11.1 Å². The number of benzene rings is 1. The largest absolute Gasteiger partial charge is 0.396 e. The summed E-state index contributed by atoms with van der Waals surface area (Å²) in [5, 5.41) is 17.0. The third-order valence-electron chi connectivity index (χ3n) is 4.44. The summed E-state index contributed by atoms with van der Waals surface area (Å²) >= 11 is 0. The van der Waals surface area contributed by atoms with Crippen LogP contribution in [0.15, 0.2) is 36.3 Å². The van der Waals surface area contributed by atoms with Gasteiger partial charge in [0.05, 0.1) is 12.0 Å². The van der Waals surface area contributed by atoms with Crippen molar-refractivity contribution in [1.82, 2.24) is 14.5 Å². The van der Waals surface area contributed by atoms with Crippen LogP contribution in [0.4, 0.5) is 5.82 Å². The summed E-state index contributed by atoms with van der Waals surface area (Å²) in [6.07, 6.45) is 4.53. The summed E-state index contributed by atoms with van der Waals surface area (Å²) in [6.45, 7) is 9.67. The maximum Gasteiger partial charge on any atom is 0.251 e. The number of nitriles is 1. The van der Waals surface area contributed by atoms with Gasteiger partial charge in [0.15, 0.2) is 6.19 Å². The number of carbonyl (C=O) groups excluding carboxylic acids is 1. The fraction of sp³-hybridized carbons (Fsp3) is 0.190. The minimum Gasteiger partial charge on any atom is -0.396 e. The van der Waals surface area contributed by atoms with Crippen molar-refractivity contribution in [2.24, 2.45) is 11.5 Å². The summed E-state index contributed by atoms with van der Waals surface area (Å²) < 4.78 is 1.83. The van der Waals surface area contributed by atoms with E-state index in [1.165, 1.54) is 18.6 Å². The number of aliphatic hydroxyl groups excluding tert-OH is 1. The van der Waals surface area contributed by atoms with Crippen molar-refractivity contribution in [1.29, 1.82) is 5.26 Å². The highest BCUT2D eigenvalue weighted by molar-refractivity contribution is 6.07. The lowest BCUT2D eigenvalue weighted by atomic mass is 10.0. The van der Waals surface area contributed by atoms with Gasteiger partial charge in [0.1, 0.15) is 17.8 Å². The molecule has 7 N–H and O–H groups in total. The number of aryl methyl sites for hydroxylation is 2. The number of amides is 1. The zero-order valence-electron chi connectivity index (χ0n) is 16.9. The van der Waals surface area contributed by atoms with Crippen molar-refractivity contribution < 1.29 is 9.90 Å². The molecule has 1 aromatic carbocycles. The molecule has 2 heterocycles. The van der Waals surface area contributed by atoms with Gasteiger partial charge in [0, 0.05) is 24.4 Å². The van der Waals surface area contributed by atoms with Crippen LogP contribution < -0.4 is 17.2 Å². The minimum absolute atomic E-state index is 0.0191. The summed E-state index contributed by atoms with van der Waals surface area (Å²) in [5.41, 5.74) is 19.3. The normalized spacial score (nSPS) is 10.6. The Morgan fingerprint density at radius 2 is 2.00 bits per heavy atom. The second kappa shape index (κ2) is 10.4. The number of hydrogen-bond donors (Lipinski definition) is 4. The van der Waals surface area contributed by atoms with Crippen LogP contribution in [0, 0.1) is 25.0 Å². The first-order valence-electron chi connectivity index (χ1n) is 9.18. The standard InChI is InChI=1S/C20H20N6O2.CH2N2/c1-12-4-6-13(7-5-12)16-15(10-14(23-2)19(22)28)26(8-3-9-27)20-17(16)18(21)24-11-25-20;2-1-3/h4-7,10-11,27H,3,8-9H2,1H3,(H2,22,28)(H2,21,24,25);2H2/b14-10-;. The zero-order valence-corrected chi connectivity index (χ0v) is 16.9. The first-order chi connectivity index (χ1) is 14.9. The molecule has 0 aliphatic heterocycles. The predicted molar refractivity (Wildman–Crippen MR) is 117 cm³/mol. The molecule has 3 aromatic rings. The molecule has 0 radical (unpaired) electrons. The molecule has 0 unspecified atom stereocenters. The molecule has 2 aromatic heterocycles. The minimum atomic E-state index is -0.817. The summed E-state index contributed by atoms with van der Waals surface area (Å²) in [7, 11) is 0. The molecule has 0 atom stereocenters. The van der Waals surface area contributed by atoms with Crippen LogP contribution in [-0.4, -0.2) is 32.2 Å². The number of nitrogens with two attached hydrogens (primary N) is 3. The highest BCUT2D eigenvalue weighted by Gasteiger charge is 2.22. The Hall–Kier alpha value is -4.41. The van der Waals surface area contributed by atoms with Gasteiger partial charge in [-0.1, -0.05) is 29.8 Å². The second-order valence-electron chi connectivity index (χ2n) is 6.45. The van der Waals surface area contributed by atoms with E-state index >= 15 is 0 Å². The first-order valence-corrected chi connectivity index (χ1v) is 9.18. The summed E-state index contributed by atoms with van der Waals surface area (Å²) in [5.74, 6) is -0.524. The SMILES string of the molecule is N#CN.[C-]#[N+]/C(=C\c1c(-c2ccc(C)cc2)c2c(N)ncnc2n1CCCO)C(N)=O. The van der Waals surface area contributed by atoms with E-state index in [1.54, 1.807) is 0 Å². The van der Waals surface area contributed by atoms with Crippen molar-refractivity contribution in [3.63, 3.8) is 0 Å². The van der Waals surface area contributed by atoms with Crippen LogP contribution >= 0.6 is 0 Å². The molecular formula is C21H22N8O2. The number of anilines is 1. The topological polar surface area (TPSA) is 174 Å². The van der Waals surface area contributed by atoms with E-state index < -0.39 is 5.91 Å². The number of aliphatic hydroxyl groups is 1. The Bertz CT molecular complexity index is 1200. The van der Waals surface area contributed by atoms with Gasteiger partial charge >= 0.3 is 0 Å². The Balaban J connectivity index is 0.00000107. The molecule has 0 spiro atoms. The number of carbonyl (C=O) groups is 1. The average Bonchev–Trinajstić information content (AvgIpc) is 3.05. The molecule has 0 aliphatic carbocycles.